The molecule has 0 bridgehead atoms. The minimum absolute atomic E-state index is 0. The van der Waals surface area contributed by atoms with Crippen molar-refractivity contribution in [3.05, 3.63) is 0 Å². The van der Waals surface area contributed by atoms with Gasteiger partial charge in [-0.15, -0.1) is 0 Å². The van der Waals surface area contributed by atoms with Gasteiger partial charge in [-0.1, -0.05) is 33.6 Å². The van der Waals surface area contributed by atoms with Gasteiger partial charge in [0.1, 0.15) is 0 Å². The minimum atomic E-state index is -0.624. The zero-order valence-corrected chi connectivity index (χ0v) is 12.3. The Morgan fingerprint density at radius 3 is 1.92 bits per heavy atom. The first kappa shape index (κ1) is 15.8. The molecule has 0 atom stereocenters. The summed E-state index contributed by atoms with van der Waals surface area (Å²) < 4.78 is 0. The van der Waals surface area contributed by atoms with Crippen LogP contribution >= 0.6 is 0 Å². The van der Waals surface area contributed by atoms with Crippen molar-refractivity contribution in [2.24, 2.45) is 5.41 Å². The number of carboxylic acid groups (broad SMARTS) is 1. The van der Waals surface area contributed by atoms with Gasteiger partial charge in [0, 0.05) is 26.2 Å². The zero-order chi connectivity index (χ0) is 9.61. The molecule has 0 rings (SSSR count). The van der Waals surface area contributed by atoms with Gasteiger partial charge in [0.2, 0.25) is 0 Å². The first-order valence-electron chi connectivity index (χ1n) is 4.86. The van der Waals surface area contributed by atoms with Crippen molar-refractivity contribution in [3.63, 3.8) is 0 Å². The number of aliphatic carboxylic acids is 1. The van der Waals surface area contributed by atoms with Crippen LogP contribution in [0.5, 0.6) is 0 Å². The molecule has 77 valence electrons. The summed E-state index contributed by atoms with van der Waals surface area (Å²) in [5.74, 6) is -0.624. The summed E-state index contributed by atoms with van der Waals surface area (Å²) in [5, 5.41) is 9.05. The van der Waals surface area contributed by atoms with E-state index in [2.05, 4.69) is 6.92 Å². The van der Waals surface area contributed by atoms with Gasteiger partial charge in [-0.3, -0.25) is 4.79 Å². The van der Waals surface area contributed by atoms with Crippen LogP contribution in [-0.2, 0) is 4.79 Å². The van der Waals surface area contributed by atoms with Crippen molar-refractivity contribution in [2.75, 3.05) is 0 Å². The van der Waals surface area contributed by atoms with Crippen molar-refractivity contribution < 1.29 is 9.90 Å². The van der Waals surface area contributed by atoms with Gasteiger partial charge < -0.3 is 5.11 Å². The molecule has 1 N–H and O–H groups in total. The molecule has 0 amide bonds. The summed E-state index contributed by atoms with van der Waals surface area (Å²) >= 11 is 0. The smallest absolute Gasteiger partial charge is 0.309 e. The average Bonchev–Trinajstić information content (AvgIpc) is 2.07. The summed E-state index contributed by atoms with van der Waals surface area (Å²) in [6.07, 6.45) is 4.42. The van der Waals surface area contributed by atoms with E-state index in [0.29, 0.717) is 0 Å². The van der Waals surface area contributed by atoms with Crippen molar-refractivity contribution >= 4 is 32.2 Å². The third kappa shape index (κ3) is 4.40. The fourth-order valence-electron chi connectivity index (χ4n) is 1.53. The predicted octanol–water partition coefficient (Wildman–Crippen LogP) is 2.69. The standard InChI is InChI=1S/C10H20O2.Bi/c1-4-7-8-10(5-2,6-3)9(11)12;/h4-8H2,1-3H3,(H,11,12);. The Morgan fingerprint density at radius 1 is 1.23 bits per heavy atom. The molecule has 2 nitrogen and oxygen atoms in total. The fraction of sp³-hybridized carbons (Fsp3) is 0.900. The molecule has 0 aromatic rings. The van der Waals surface area contributed by atoms with Crippen LogP contribution < -0.4 is 0 Å². The van der Waals surface area contributed by atoms with E-state index in [1.165, 1.54) is 0 Å². The Kier molecular flexibility index (Phi) is 9.40. The van der Waals surface area contributed by atoms with Crippen LogP contribution in [0.15, 0.2) is 0 Å². The van der Waals surface area contributed by atoms with Gasteiger partial charge in [0.15, 0.2) is 0 Å². The van der Waals surface area contributed by atoms with Crippen molar-refractivity contribution in [1.29, 1.82) is 0 Å². The maximum atomic E-state index is 11.0. The second-order valence-corrected chi connectivity index (χ2v) is 3.40. The van der Waals surface area contributed by atoms with E-state index in [0.717, 1.165) is 32.1 Å². The van der Waals surface area contributed by atoms with Gasteiger partial charge in [-0.25, -0.2) is 0 Å². The Morgan fingerprint density at radius 2 is 1.69 bits per heavy atom. The molecule has 0 aromatic heterocycles. The Balaban J connectivity index is 0. The Bertz CT molecular complexity index is 142. The molecule has 0 spiro atoms. The summed E-state index contributed by atoms with van der Waals surface area (Å²) in [6, 6.07) is 0. The number of hydrogen-bond acceptors (Lipinski definition) is 1. The van der Waals surface area contributed by atoms with Crippen LogP contribution in [0, 0.1) is 5.41 Å². The Hall–Kier alpha value is 0.353. The number of hydrogen-bond donors (Lipinski definition) is 1. The van der Waals surface area contributed by atoms with Crippen LogP contribution in [-0.4, -0.2) is 37.3 Å². The fourth-order valence-corrected chi connectivity index (χ4v) is 1.53. The van der Waals surface area contributed by atoms with E-state index >= 15 is 0 Å². The molecular weight excluding hydrogens is 361 g/mol. The second-order valence-electron chi connectivity index (χ2n) is 3.40. The average molecular weight is 381 g/mol. The third-order valence-electron chi connectivity index (χ3n) is 2.82. The van der Waals surface area contributed by atoms with Gasteiger partial charge in [-0.2, -0.15) is 0 Å². The molecule has 0 aromatic carbocycles. The van der Waals surface area contributed by atoms with Gasteiger partial charge in [0.25, 0.3) is 0 Å². The second kappa shape index (κ2) is 7.73. The molecule has 3 radical (unpaired) electrons. The monoisotopic (exact) mass is 381 g/mol. The number of carboxylic acids is 1. The largest absolute Gasteiger partial charge is 0.481 e. The summed E-state index contributed by atoms with van der Waals surface area (Å²) in [6.45, 7) is 6.03. The van der Waals surface area contributed by atoms with Crippen LogP contribution in [0.1, 0.15) is 52.9 Å². The van der Waals surface area contributed by atoms with Gasteiger partial charge >= 0.3 is 5.97 Å². The normalized spacial score (nSPS) is 10.7. The maximum Gasteiger partial charge on any atom is 0.309 e. The molecule has 0 aliphatic heterocycles. The first-order valence-corrected chi connectivity index (χ1v) is 4.86. The number of unbranched alkanes of at least 4 members (excludes halogenated alkanes) is 1. The molecule has 0 aliphatic carbocycles. The quantitative estimate of drug-likeness (QED) is 0.719. The summed E-state index contributed by atoms with van der Waals surface area (Å²) in [5.41, 5.74) is -0.448. The van der Waals surface area contributed by atoms with Crippen LogP contribution in [0.3, 0.4) is 0 Å². The van der Waals surface area contributed by atoms with Crippen LogP contribution in [0.2, 0.25) is 0 Å². The van der Waals surface area contributed by atoms with Crippen LogP contribution in [0.4, 0.5) is 0 Å². The van der Waals surface area contributed by atoms with Crippen molar-refractivity contribution in [2.45, 2.75) is 52.9 Å². The Labute approximate surface area is 100 Å². The predicted molar refractivity (Wildman–Crippen MR) is 55.9 cm³/mol. The van der Waals surface area contributed by atoms with E-state index in [-0.39, 0.29) is 26.2 Å². The van der Waals surface area contributed by atoms with Crippen molar-refractivity contribution in [1.82, 2.24) is 0 Å². The summed E-state index contributed by atoms with van der Waals surface area (Å²) in [4.78, 5) is 11.0. The van der Waals surface area contributed by atoms with Crippen molar-refractivity contribution in [3.8, 4) is 0 Å². The van der Waals surface area contributed by atoms with Gasteiger partial charge in [-0.05, 0) is 19.3 Å². The topological polar surface area (TPSA) is 37.3 Å². The first-order chi connectivity index (χ1) is 5.63. The third-order valence-corrected chi connectivity index (χ3v) is 2.82. The molecular formula is C10H20BiO2. The molecule has 0 aliphatic rings. The molecule has 13 heavy (non-hydrogen) atoms. The molecule has 0 unspecified atom stereocenters. The van der Waals surface area contributed by atoms with E-state index in [9.17, 15) is 4.79 Å². The summed E-state index contributed by atoms with van der Waals surface area (Å²) in [7, 11) is 0. The van der Waals surface area contributed by atoms with E-state index in [1.54, 1.807) is 0 Å². The zero-order valence-electron chi connectivity index (χ0n) is 8.84. The van der Waals surface area contributed by atoms with Gasteiger partial charge in [0.05, 0.1) is 5.41 Å². The molecule has 0 heterocycles. The molecule has 3 heteroatoms. The molecule has 0 saturated carbocycles. The molecule has 0 fully saturated rings. The van der Waals surface area contributed by atoms with E-state index in [1.807, 2.05) is 13.8 Å². The minimum Gasteiger partial charge on any atom is -0.481 e. The maximum absolute atomic E-state index is 11.0. The number of rotatable bonds is 6. The van der Waals surface area contributed by atoms with Crippen LogP contribution in [0.25, 0.3) is 0 Å². The van der Waals surface area contributed by atoms with E-state index < -0.39 is 11.4 Å². The number of carbonyl (C=O) groups is 1. The molecule has 0 saturated heterocycles. The SMILES string of the molecule is CCCCC(CC)(CC)C(=O)O.[Bi]. The van der Waals surface area contributed by atoms with E-state index in [4.69, 9.17) is 5.11 Å².